The van der Waals surface area contributed by atoms with Gasteiger partial charge in [-0.2, -0.15) is 0 Å². The molecule has 2 aromatic rings. The third-order valence-corrected chi connectivity index (χ3v) is 5.19. The molecule has 1 heterocycles. The summed E-state index contributed by atoms with van der Waals surface area (Å²) >= 11 is 12.1. The van der Waals surface area contributed by atoms with Crippen LogP contribution >= 0.6 is 23.2 Å². The van der Waals surface area contributed by atoms with Crippen LogP contribution in [0, 0.1) is 0 Å². The Morgan fingerprint density at radius 1 is 1.04 bits per heavy atom. The van der Waals surface area contributed by atoms with Gasteiger partial charge < -0.3 is 19.3 Å². The number of benzene rings is 2. The molecule has 0 saturated carbocycles. The van der Waals surface area contributed by atoms with Crippen molar-refractivity contribution >= 4 is 29.1 Å². The topological polar surface area (TPSA) is 42.0 Å². The van der Waals surface area contributed by atoms with Crippen molar-refractivity contribution in [2.75, 3.05) is 40.3 Å². The van der Waals surface area contributed by atoms with E-state index in [1.807, 2.05) is 11.0 Å². The minimum Gasteiger partial charge on any atom is -0.493 e. The molecule has 2 aromatic carbocycles. The molecular formula is C20H22Cl2N2O3. The molecule has 0 aromatic heterocycles. The van der Waals surface area contributed by atoms with Crippen molar-refractivity contribution in [1.82, 2.24) is 9.80 Å². The molecule has 0 bridgehead atoms. The number of likely N-dealkylation sites (N-methyl/N-ethyl adjacent to an activating group) is 1. The fourth-order valence-corrected chi connectivity index (χ4v) is 3.37. The first-order valence-corrected chi connectivity index (χ1v) is 9.46. The van der Waals surface area contributed by atoms with Crippen molar-refractivity contribution in [1.29, 1.82) is 0 Å². The average molecular weight is 409 g/mol. The van der Waals surface area contributed by atoms with Gasteiger partial charge in [0.25, 0.3) is 5.91 Å². The second kappa shape index (κ2) is 8.83. The number of nitrogens with zero attached hydrogens (tertiary/aromatic N) is 2. The number of hydrogen-bond acceptors (Lipinski definition) is 4. The molecule has 27 heavy (non-hydrogen) atoms. The third-order valence-electron chi connectivity index (χ3n) is 4.60. The van der Waals surface area contributed by atoms with Crippen molar-refractivity contribution in [2.24, 2.45) is 0 Å². The Kier molecular flexibility index (Phi) is 6.47. The van der Waals surface area contributed by atoms with Crippen LogP contribution in [0.1, 0.15) is 15.9 Å². The van der Waals surface area contributed by atoms with Crippen molar-refractivity contribution < 1.29 is 14.3 Å². The lowest BCUT2D eigenvalue weighted by Gasteiger charge is -2.32. The van der Waals surface area contributed by atoms with Crippen molar-refractivity contribution in [2.45, 2.75) is 6.61 Å². The maximum atomic E-state index is 12.7. The van der Waals surface area contributed by atoms with E-state index < -0.39 is 0 Å². The van der Waals surface area contributed by atoms with Gasteiger partial charge in [0, 0.05) is 47.4 Å². The van der Waals surface area contributed by atoms with Gasteiger partial charge in [-0.3, -0.25) is 4.79 Å². The summed E-state index contributed by atoms with van der Waals surface area (Å²) < 4.78 is 11.3. The highest BCUT2D eigenvalue weighted by atomic mass is 35.5. The van der Waals surface area contributed by atoms with Crippen molar-refractivity contribution in [3.63, 3.8) is 0 Å². The first-order valence-electron chi connectivity index (χ1n) is 8.70. The second-order valence-corrected chi connectivity index (χ2v) is 7.33. The molecule has 0 N–H and O–H groups in total. The predicted octanol–water partition coefficient (Wildman–Crippen LogP) is 3.97. The lowest BCUT2D eigenvalue weighted by molar-refractivity contribution is 0.0663. The Hall–Kier alpha value is -1.95. The Bertz CT molecular complexity index is 821. The van der Waals surface area contributed by atoms with Gasteiger partial charge >= 0.3 is 0 Å². The second-order valence-electron chi connectivity index (χ2n) is 6.49. The molecule has 0 unspecified atom stereocenters. The number of carbonyl (C=O) groups excluding carboxylic acids is 1. The van der Waals surface area contributed by atoms with Gasteiger partial charge in [-0.05, 0) is 37.4 Å². The van der Waals surface area contributed by atoms with Crippen LogP contribution < -0.4 is 9.47 Å². The summed E-state index contributed by atoms with van der Waals surface area (Å²) in [5.74, 6) is 1.08. The van der Waals surface area contributed by atoms with Crippen LogP contribution in [0.4, 0.5) is 0 Å². The summed E-state index contributed by atoms with van der Waals surface area (Å²) in [7, 11) is 3.62. The van der Waals surface area contributed by atoms with E-state index >= 15 is 0 Å². The Morgan fingerprint density at radius 2 is 1.78 bits per heavy atom. The van der Waals surface area contributed by atoms with Gasteiger partial charge in [-0.25, -0.2) is 0 Å². The zero-order chi connectivity index (χ0) is 19.4. The minimum atomic E-state index is 0.00805. The van der Waals surface area contributed by atoms with Crippen molar-refractivity contribution in [3.05, 3.63) is 57.6 Å². The maximum Gasteiger partial charge on any atom is 0.254 e. The Balaban J connectivity index is 1.71. The smallest absolute Gasteiger partial charge is 0.254 e. The maximum absolute atomic E-state index is 12.7. The largest absolute Gasteiger partial charge is 0.493 e. The number of ether oxygens (including phenoxy) is 2. The van der Waals surface area contributed by atoms with E-state index in [2.05, 4.69) is 11.9 Å². The van der Waals surface area contributed by atoms with Gasteiger partial charge in [0.15, 0.2) is 11.5 Å². The number of carbonyl (C=O) groups is 1. The zero-order valence-corrected chi connectivity index (χ0v) is 16.9. The average Bonchev–Trinajstić information content (AvgIpc) is 2.67. The highest BCUT2D eigenvalue weighted by molar-refractivity contribution is 6.35. The summed E-state index contributed by atoms with van der Waals surface area (Å²) in [6, 6.07) is 10.5. The number of halogens is 2. The first-order chi connectivity index (χ1) is 13.0. The molecule has 3 rings (SSSR count). The lowest BCUT2D eigenvalue weighted by Crippen LogP contribution is -2.47. The van der Waals surface area contributed by atoms with Crippen LogP contribution in [-0.4, -0.2) is 56.0 Å². The minimum absolute atomic E-state index is 0.00805. The van der Waals surface area contributed by atoms with E-state index in [9.17, 15) is 4.79 Å². The highest BCUT2D eigenvalue weighted by Crippen LogP contribution is 2.30. The monoisotopic (exact) mass is 408 g/mol. The third kappa shape index (κ3) is 4.86. The van der Waals surface area contributed by atoms with Crippen LogP contribution in [-0.2, 0) is 6.61 Å². The van der Waals surface area contributed by atoms with Gasteiger partial charge in [-0.1, -0.05) is 29.3 Å². The zero-order valence-electron chi connectivity index (χ0n) is 15.4. The summed E-state index contributed by atoms with van der Waals surface area (Å²) in [4.78, 5) is 16.8. The molecule has 1 saturated heterocycles. The molecule has 1 amide bonds. The summed E-state index contributed by atoms with van der Waals surface area (Å²) in [6.45, 7) is 3.49. The Morgan fingerprint density at radius 3 is 2.44 bits per heavy atom. The van der Waals surface area contributed by atoms with Crippen LogP contribution in [0.25, 0.3) is 0 Å². The molecule has 7 heteroatoms. The normalized spacial score (nSPS) is 14.9. The summed E-state index contributed by atoms with van der Waals surface area (Å²) in [6.07, 6.45) is 0. The first kappa shape index (κ1) is 19.8. The van der Waals surface area contributed by atoms with Crippen LogP contribution in [0.2, 0.25) is 10.0 Å². The fourth-order valence-electron chi connectivity index (χ4n) is 2.91. The molecule has 1 aliphatic heterocycles. The number of amides is 1. The molecular weight excluding hydrogens is 387 g/mol. The quantitative estimate of drug-likeness (QED) is 0.750. The molecule has 1 fully saturated rings. The predicted molar refractivity (Wildman–Crippen MR) is 107 cm³/mol. The summed E-state index contributed by atoms with van der Waals surface area (Å²) in [5, 5.41) is 1.12. The molecule has 1 aliphatic rings. The Labute approximate surface area is 169 Å². The van der Waals surface area contributed by atoms with E-state index in [1.165, 1.54) is 0 Å². The van der Waals surface area contributed by atoms with Crippen LogP contribution in [0.3, 0.4) is 0 Å². The number of hydrogen-bond donors (Lipinski definition) is 0. The van der Waals surface area contributed by atoms with Gasteiger partial charge in [0.1, 0.15) is 6.61 Å². The van der Waals surface area contributed by atoms with E-state index in [4.69, 9.17) is 32.7 Å². The molecule has 5 nitrogen and oxygen atoms in total. The summed E-state index contributed by atoms with van der Waals surface area (Å²) in [5.41, 5.74) is 1.41. The SMILES string of the molecule is COc1cc(C(=O)N2CCN(C)CC2)ccc1OCc1ccc(Cl)cc1Cl. The standard InChI is InChI=1S/C20H22Cl2N2O3/c1-23-7-9-24(10-8-23)20(25)14-4-6-18(19(11-14)26-2)27-13-15-3-5-16(21)12-17(15)22/h3-6,11-12H,7-10,13H2,1-2H3. The lowest BCUT2D eigenvalue weighted by atomic mass is 10.1. The van der Waals surface area contributed by atoms with E-state index in [-0.39, 0.29) is 12.5 Å². The number of piperazine rings is 1. The van der Waals surface area contributed by atoms with Crippen LogP contribution in [0.5, 0.6) is 11.5 Å². The van der Waals surface area contributed by atoms with Crippen molar-refractivity contribution in [3.8, 4) is 11.5 Å². The fraction of sp³-hybridized carbons (Fsp3) is 0.350. The van der Waals surface area contributed by atoms with Crippen LogP contribution in [0.15, 0.2) is 36.4 Å². The highest BCUT2D eigenvalue weighted by Gasteiger charge is 2.21. The van der Waals surface area contributed by atoms with Gasteiger partial charge in [0.2, 0.25) is 0 Å². The molecule has 0 aliphatic carbocycles. The molecule has 0 radical (unpaired) electrons. The van der Waals surface area contributed by atoms with Gasteiger partial charge in [-0.15, -0.1) is 0 Å². The van der Waals surface area contributed by atoms with E-state index in [0.29, 0.717) is 27.1 Å². The van der Waals surface area contributed by atoms with E-state index in [0.717, 1.165) is 31.7 Å². The molecule has 0 atom stereocenters. The number of methoxy groups -OCH3 is 1. The number of rotatable bonds is 5. The van der Waals surface area contributed by atoms with Gasteiger partial charge in [0.05, 0.1) is 7.11 Å². The molecule has 0 spiro atoms. The molecule has 144 valence electrons. The van der Waals surface area contributed by atoms with E-state index in [1.54, 1.807) is 37.4 Å².